The minimum Gasteiger partial charge on any atom is -0.355 e. The van der Waals surface area contributed by atoms with Crippen LogP contribution in [0.3, 0.4) is 0 Å². The van der Waals surface area contributed by atoms with Gasteiger partial charge < -0.3 is 4.90 Å². The van der Waals surface area contributed by atoms with Crippen LogP contribution < -0.4 is 4.90 Å². The van der Waals surface area contributed by atoms with Crippen LogP contribution in [0.15, 0.2) is 12.4 Å². The molecule has 1 rings (SSSR count). The van der Waals surface area contributed by atoms with E-state index in [1.54, 1.807) is 12.4 Å². The summed E-state index contributed by atoms with van der Waals surface area (Å²) in [6.07, 6.45) is 8.44. The molecule has 0 atom stereocenters. The van der Waals surface area contributed by atoms with Crippen molar-refractivity contribution in [2.75, 3.05) is 18.0 Å². The van der Waals surface area contributed by atoms with Crippen molar-refractivity contribution in [1.82, 2.24) is 9.97 Å². The Balaban J connectivity index is 2.70. The number of unbranched alkanes of at least 4 members (excludes halogenated alkanes) is 2. The maximum atomic E-state index is 4.45. The van der Waals surface area contributed by atoms with Gasteiger partial charge in [-0.1, -0.05) is 26.7 Å². The SMILES string of the molecule is CCCCN(CCCC)c1nccnc1C. The fraction of sp³-hybridized carbons (Fsp3) is 0.692. The summed E-state index contributed by atoms with van der Waals surface area (Å²) in [4.78, 5) is 11.1. The van der Waals surface area contributed by atoms with Crippen LogP contribution in [0.1, 0.15) is 45.2 Å². The third-order valence-electron chi connectivity index (χ3n) is 2.72. The Labute approximate surface area is 98.9 Å². The zero-order valence-corrected chi connectivity index (χ0v) is 10.7. The van der Waals surface area contributed by atoms with E-state index in [0.29, 0.717) is 0 Å². The first-order chi connectivity index (χ1) is 7.79. The molecule has 3 heteroatoms. The fourth-order valence-corrected chi connectivity index (χ4v) is 1.73. The molecule has 90 valence electrons. The van der Waals surface area contributed by atoms with E-state index in [1.165, 1.54) is 25.7 Å². The summed E-state index contributed by atoms with van der Waals surface area (Å²) >= 11 is 0. The van der Waals surface area contributed by atoms with Crippen LogP contribution in [-0.2, 0) is 0 Å². The highest BCUT2D eigenvalue weighted by Crippen LogP contribution is 2.15. The van der Waals surface area contributed by atoms with E-state index in [4.69, 9.17) is 0 Å². The van der Waals surface area contributed by atoms with Gasteiger partial charge in [0.2, 0.25) is 0 Å². The van der Waals surface area contributed by atoms with Crippen LogP contribution in [0.2, 0.25) is 0 Å². The lowest BCUT2D eigenvalue weighted by Gasteiger charge is -2.24. The van der Waals surface area contributed by atoms with E-state index >= 15 is 0 Å². The summed E-state index contributed by atoms with van der Waals surface area (Å²) in [5, 5.41) is 0. The number of hydrogen-bond acceptors (Lipinski definition) is 3. The molecule has 0 aliphatic heterocycles. The predicted molar refractivity (Wildman–Crippen MR) is 68.8 cm³/mol. The van der Waals surface area contributed by atoms with Crippen molar-refractivity contribution in [3.8, 4) is 0 Å². The Morgan fingerprint density at radius 1 is 1.00 bits per heavy atom. The van der Waals surface area contributed by atoms with E-state index in [9.17, 15) is 0 Å². The van der Waals surface area contributed by atoms with E-state index < -0.39 is 0 Å². The molecule has 0 aliphatic rings. The summed E-state index contributed by atoms with van der Waals surface area (Å²) < 4.78 is 0. The standard InChI is InChI=1S/C13H23N3/c1-4-6-10-16(11-7-5-2)13-12(3)14-8-9-15-13/h8-9H,4-7,10-11H2,1-3H3. The van der Waals surface area contributed by atoms with Gasteiger partial charge in [0.15, 0.2) is 0 Å². The third kappa shape index (κ3) is 3.80. The lowest BCUT2D eigenvalue weighted by molar-refractivity contribution is 0.667. The van der Waals surface area contributed by atoms with E-state index in [-0.39, 0.29) is 0 Å². The summed E-state index contributed by atoms with van der Waals surface area (Å²) in [7, 11) is 0. The van der Waals surface area contributed by atoms with Crippen molar-refractivity contribution in [3.05, 3.63) is 18.1 Å². The average molecular weight is 221 g/mol. The fourth-order valence-electron chi connectivity index (χ4n) is 1.73. The smallest absolute Gasteiger partial charge is 0.150 e. The minimum absolute atomic E-state index is 1.04. The second-order valence-electron chi connectivity index (χ2n) is 4.16. The Morgan fingerprint density at radius 2 is 1.56 bits per heavy atom. The topological polar surface area (TPSA) is 29.0 Å². The average Bonchev–Trinajstić information content (AvgIpc) is 2.31. The molecule has 0 aliphatic carbocycles. The Hall–Kier alpha value is -1.12. The van der Waals surface area contributed by atoms with Gasteiger partial charge in [-0.3, -0.25) is 4.98 Å². The van der Waals surface area contributed by atoms with Crippen LogP contribution in [-0.4, -0.2) is 23.1 Å². The van der Waals surface area contributed by atoms with Gasteiger partial charge in [0.1, 0.15) is 5.82 Å². The number of rotatable bonds is 7. The molecule has 1 aromatic rings. The van der Waals surface area contributed by atoms with Crippen LogP contribution in [0, 0.1) is 6.92 Å². The molecule has 0 fully saturated rings. The van der Waals surface area contributed by atoms with Crippen molar-refractivity contribution in [3.63, 3.8) is 0 Å². The highest BCUT2D eigenvalue weighted by molar-refractivity contribution is 5.41. The van der Waals surface area contributed by atoms with Gasteiger partial charge in [-0.05, 0) is 19.8 Å². The number of hydrogen-bond donors (Lipinski definition) is 0. The van der Waals surface area contributed by atoms with Crippen LogP contribution in [0.25, 0.3) is 0 Å². The summed E-state index contributed by atoms with van der Waals surface area (Å²) in [5.74, 6) is 1.06. The first kappa shape index (κ1) is 12.9. The molecular formula is C13H23N3. The Morgan fingerprint density at radius 3 is 2.06 bits per heavy atom. The second kappa shape index (κ2) is 7.20. The molecule has 0 radical (unpaired) electrons. The van der Waals surface area contributed by atoms with Crippen molar-refractivity contribution in [2.24, 2.45) is 0 Å². The number of aromatic nitrogens is 2. The normalized spacial score (nSPS) is 10.4. The van der Waals surface area contributed by atoms with E-state index in [0.717, 1.165) is 24.6 Å². The highest BCUT2D eigenvalue weighted by atomic mass is 15.2. The molecule has 0 amide bonds. The Kier molecular flexibility index (Phi) is 5.83. The maximum absolute atomic E-state index is 4.45. The third-order valence-corrected chi connectivity index (χ3v) is 2.72. The molecule has 1 heterocycles. The van der Waals surface area contributed by atoms with E-state index in [2.05, 4.69) is 28.7 Å². The zero-order valence-electron chi connectivity index (χ0n) is 10.7. The lowest BCUT2D eigenvalue weighted by Crippen LogP contribution is -2.27. The molecule has 0 N–H and O–H groups in total. The number of aryl methyl sites for hydroxylation is 1. The van der Waals surface area contributed by atoms with E-state index in [1.807, 2.05) is 6.92 Å². The largest absolute Gasteiger partial charge is 0.355 e. The molecule has 3 nitrogen and oxygen atoms in total. The molecule has 0 spiro atoms. The number of nitrogens with zero attached hydrogens (tertiary/aromatic N) is 3. The molecule has 16 heavy (non-hydrogen) atoms. The minimum atomic E-state index is 1.04. The molecule has 0 saturated heterocycles. The van der Waals surface area contributed by atoms with Crippen molar-refractivity contribution in [1.29, 1.82) is 0 Å². The van der Waals surface area contributed by atoms with Crippen LogP contribution in [0.4, 0.5) is 5.82 Å². The van der Waals surface area contributed by atoms with Gasteiger partial charge in [-0.25, -0.2) is 4.98 Å². The van der Waals surface area contributed by atoms with Gasteiger partial charge in [0.05, 0.1) is 5.69 Å². The molecular weight excluding hydrogens is 198 g/mol. The van der Waals surface area contributed by atoms with Crippen LogP contribution in [0.5, 0.6) is 0 Å². The summed E-state index contributed by atoms with van der Waals surface area (Å²) in [5.41, 5.74) is 1.04. The predicted octanol–water partition coefficient (Wildman–Crippen LogP) is 3.19. The second-order valence-corrected chi connectivity index (χ2v) is 4.16. The van der Waals surface area contributed by atoms with Gasteiger partial charge in [-0.2, -0.15) is 0 Å². The van der Waals surface area contributed by atoms with Gasteiger partial charge >= 0.3 is 0 Å². The summed E-state index contributed by atoms with van der Waals surface area (Å²) in [6.45, 7) is 8.67. The van der Waals surface area contributed by atoms with Crippen molar-refractivity contribution < 1.29 is 0 Å². The van der Waals surface area contributed by atoms with Crippen molar-refractivity contribution in [2.45, 2.75) is 46.5 Å². The molecule has 0 aromatic carbocycles. The van der Waals surface area contributed by atoms with Crippen LogP contribution >= 0.6 is 0 Å². The maximum Gasteiger partial charge on any atom is 0.150 e. The molecule has 1 aromatic heterocycles. The molecule has 0 saturated carbocycles. The monoisotopic (exact) mass is 221 g/mol. The molecule has 0 bridgehead atoms. The first-order valence-electron chi connectivity index (χ1n) is 6.32. The quantitative estimate of drug-likeness (QED) is 0.708. The summed E-state index contributed by atoms with van der Waals surface area (Å²) in [6, 6.07) is 0. The van der Waals surface area contributed by atoms with Gasteiger partial charge in [0, 0.05) is 25.5 Å². The first-order valence-corrected chi connectivity index (χ1v) is 6.32. The van der Waals surface area contributed by atoms with Gasteiger partial charge in [-0.15, -0.1) is 0 Å². The zero-order chi connectivity index (χ0) is 11.8. The molecule has 0 unspecified atom stereocenters. The number of anilines is 1. The Bertz CT molecular complexity index is 291. The van der Waals surface area contributed by atoms with Crippen molar-refractivity contribution >= 4 is 5.82 Å². The lowest BCUT2D eigenvalue weighted by atomic mass is 10.2. The van der Waals surface area contributed by atoms with Gasteiger partial charge in [0.25, 0.3) is 0 Å². The highest BCUT2D eigenvalue weighted by Gasteiger charge is 2.09.